The van der Waals surface area contributed by atoms with E-state index < -0.39 is 6.04 Å². The van der Waals surface area contributed by atoms with Crippen LogP contribution in [0.15, 0.2) is 46.9 Å². The van der Waals surface area contributed by atoms with Crippen molar-refractivity contribution in [3.63, 3.8) is 0 Å². The lowest BCUT2D eigenvalue weighted by Crippen LogP contribution is -2.48. The molecule has 2 rings (SSSR count). The molecule has 1 atom stereocenters. The highest BCUT2D eigenvalue weighted by Gasteiger charge is 2.25. The van der Waals surface area contributed by atoms with Gasteiger partial charge in [0.15, 0.2) is 0 Å². The van der Waals surface area contributed by atoms with Gasteiger partial charge in [0, 0.05) is 33.4 Å². The lowest BCUT2D eigenvalue weighted by molar-refractivity contribution is -0.138. The highest BCUT2D eigenvalue weighted by Crippen LogP contribution is 2.25. The number of carbonyl (C=O) groups is 2. The van der Waals surface area contributed by atoms with E-state index in [1.165, 1.54) is 11.8 Å². The lowest BCUT2D eigenvalue weighted by Gasteiger charge is -2.28. The van der Waals surface area contributed by atoms with Gasteiger partial charge in [-0.3, -0.25) is 9.59 Å². The van der Waals surface area contributed by atoms with Crippen LogP contribution in [0.5, 0.6) is 0 Å². The zero-order valence-electron chi connectivity index (χ0n) is 16.3. The molecule has 8 heteroatoms. The molecular formula is C21H23BrCl2N2O2S. The molecule has 0 radical (unpaired) electrons. The van der Waals surface area contributed by atoms with E-state index in [0.717, 1.165) is 15.6 Å². The van der Waals surface area contributed by atoms with Crippen molar-refractivity contribution in [2.75, 3.05) is 12.3 Å². The van der Waals surface area contributed by atoms with Crippen LogP contribution < -0.4 is 5.32 Å². The van der Waals surface area contributed by atoms with E-state index in [9.17, 15) is 9.59 Å². The van der Waals surface area contributed by atoms with Crippen molar-refractivity contribution in [2.45, 2.75) is 32.2 Å². The zero-order valence-corrected chi connectivity index (χ0v) is 20.2. The monoisotopic (exact) mass is 516 g/mol. The molecule has 0 spiro atoms. The van der Waals surface area contributed by atoms with E-state index in [-0.39, 0.29) is 17.6 Å². The fraction of sp³-hybridized carbons (Fsp3) is 0.333. The standard InChI is InChI=1S/C21H23BrCl2N2O2S/c1-3-25-21(28)14(2)26(11-15-5-4-6-17(22)9-15)20(27)13-29-12-16-7-8-18(23)10-19(16)24/h4-10,14H,3,11-13H2,1-2H3,(H,25,28). The van der Waals surface area contributed by atoms with Crippen LogP contribution in [-0.4, -0.2) is 35.1 Å². The first-order valence-corrected chi connectivity index (χ1v) is 11.9. The first kappa shape index (κ1) is 24.1. The molecule has 0 aromatic heterocycles. The molecule has 0 heterocycles. The molecule has 2 amide bonds. The lowest BCUT2D eigenvalue weighted by atomic mass is 10.1. The normalized spacial score (nSPS) is 11.8. The Bertz CT molecular complexity index is 866. The van der Waals surface area contributed by atoms with Crippen LogP contribution in [0.2, 0.25) is 10.0 Å². The van der Waals surface area contributed by atoms with E-state index in [0.29, 0.717) is 28.9 Å². The molecule has 0 aliphatic rings. The van der Waals surface area contributed by atoms with Gasteiger partial charge in [0.25, 0.3) is 0 Å². The van der Waals surface area contributed by atoms with Gasteiger partial charge in [-0.15, -0.1) is 11.8 Å². The highest BCUT2D eigenvalue weighted by atomic mass is 79.9. The van der Waals surface area contributed by atoms with Gasteiger partial charge >= 0.3 is 0 Å². The van der Waals surface area contributed by atoms with Gasteiger partial charge in [-0.05, 0) is 49.2 Å². The Morgan fingerprint density at radius 2 is 1.97 bits per heavy atom. The number of thioether (sulfide) groups is 1. The molecule has 0 saturated heterocycles. The summed E-state index contributed by atoms with van der Waals surface area (Å²) in [6.45, 7) is 4.49. The van der Waals surface area contributed by atoms with Gasteiger partial charge in [-0.2, -0.15) is 0 Å². The quantitative estimate of drug-likeness (QED) is 0.474. The molecule has 0 aliphatic heterocycles. The second-order valence-corrected chi connectivity index (χ2v) is 9.20. The van der Waals surface area contributed by atoms with E-state index >= 15 is 0 Å². The summed E-state index contributed by atoms with van der Waals surface area (Å²) in [6, 6.07) is 12.5. The summed E-state index contributed by atoms with van der Waals surface area (Å²) in [6.07, 6.45) is 0. The van der Waals surface area contributed by atoms with Crippen molar-refractivity contribution in [3.05, 3.63) is 68.1 Å². The molecule has 0 saturated carbocycles. The van der Waals surface area contributed by atoms with Crippen LogP contribution >= 0.6 is 50.9 Å². The molecule has 1 N–H and O–H groups in total. The molecule has 156 valence electrons. The maximum absolute atomic E-state index is 13.0. The maximum atomic E-state index is 13.0. The number of amides is 2. The Kier molecular flexibility index (Phi) is 9.83. The Balaban J connectivity index is 2.07. The fourth-order valence-corrected chi connectivity index (χ4v) is 4.62. The summed E-state index contributed by atoms with van der Waals surface area (Å²) in [7, 11) is 0. The van der Waals surface area contributed by atoms with Crippen LogP contribution in [0.3, 0.4) is 0 Å². The molecule has 1 unspecified atom stereocenters. The number of hydrogen-bond acceptors (Lipinski definition) is 3. The van der Waals surface area contributed by atoms with Crippen molar-refractivity contribution in [1.82, 2.24) is 10.2 Å². The van der Waals surface area contributed by atoms with Gasteiger partial charge in [-0.25, -0.2) is 0 Å². The number of hydrogen-bond donors (Lipinski definition) is 1. The van der Waals surface area contributed by atoms with Crippen molar-refractivity contribution < 1.29 is 9.59 Å². The third-order valence-corrected chi connectivity index (χ3v) is 6.30. The Morgan fingerprint density at radius 3 is 2.62 bits per heavy atom. The van der Waals surface area contributed by atoms with Crippen LogP contribution in [0.4, 0.5) is 0 Å². The van der Waals surface area contributed by atoms with Gasteiger partial charge < -0.3 is 10.2 Å². The topological polar surface area (TPSA) is 49.4 Å². The Labute approximate surface area is 194 Å². The Morgan fingerprint density at radius 1 is 1.21 bits per heavy atom. The fourth-order valence-electron chi connectivity index (χ4n) is 2.71. The number of halogens is 3. The predicted molar refractivity (Wildman–Crippen MR) is 125 cm³/mol. The number of nitrogens with zero attached hydrogens (tertiary/aromatic N) is 1. The summed E-state index contributed by atoms with van der Waals surface area (Å²) in [4.78, 5) is 27.0. The molecule has 0 bridgehead atoms. The molecule has 2 aromatic carbocycles. The third kappa shape index (κ3) is 7.52. The minimum atomic E-state index is -0.568. The number of carbonyl (C=O) groups excluding carboxylic acids is 2. The van der Waals surface area contributed by atoms with E-state index in [1.54, 1.807) is 24.0 Å². The first-order valence-electron chi connectivity index (χ1n) is 9.15. The molecule has 29 heavy (non-hydrogen) atoms. The van der Waals surface area contributed by atoms with E-state index in [2.05, 4.69) is 21.2 Å². The average Bonchev–Trinajstić information content (AvgIpc) is 2.67. The molecule has 4 nitrogen and oxygen atoms in total. The minimum absolute atomic E-state index is 0.0983. The van der Waals surface area contributed by atoms with Gasteiger partial charge in [0.05, 0.1) is 5.75 Å². The summed E-state index contributed by atoms with van der Waals surface area (Å²) >= 11 is 17.0. The third-order valence-electron chi connectivity index (χ3n) is 4.26. The van der Waals surface area contributed by atoms with Gasteiger partial charge in [-0.1, -0.05) is 57.3 Å². The number of nitrogens with one attached hydrogen (secondary N) is 1. The SMILES string of the molecule is CCNC(=O)C(C)N(Cc1cccc(Br)c1)C(=O)CSCc1ccc(Cl)cc1Cl. The van der Waals surface area contributed by atoms with Crippen molar-refractivity contribution in [1.29, 1.82) is 0 Å². The van der Waals surface area contributed by atoms with Gasteiger partial charge in [0.2, 0.25) is 11.8 Å². The highest BCUT2D eigenvalue weighted by molar-refractivity contribution is 9.10. The molecule has 2 aromatic rings. The predicted octanol–water partition coefficient (Wildman–Crippen LogP) is 5.54. The van der Waals surface area contributed by atoms with Gasteiger partial charge in [0.1, 0.15) is 6.04 Å². The van der Waals surface area contributed by atoms with Crippen molar-refractivity contribution >= 4 is 62.7 Å². The van der Waals surface area contributed by atoms with E-state index in [1.807, 2.05) is 37.3 Å². The number of rotatable bonds is 9. The first-order chi connectivity index (χ1) is 13.8. The average molecular weight is 518 g/mol. The minimum Gasteiger partial charge on any atom is -0.355 e. The maximum Gasteiger partial charge on any atom is 0.242 e. The summed E-state index contributed by atoms with van der Waals surface area (Å²) in [5.41, 5.74) is 1.87. The largest absolute Gasteiger partial charge is 0.355 e. The molecule has 0 aliphatic carbocycles. The van der Waals surface area contributed by atoms with Crippen LogP contribution in [-0.2, 0) is 21.9 Å². The second kappa shape index (κ2) is 11.8. The van der Waals surface area contributed by atoms with Crippen LogP contribution in [0.25, 0.3) is 0 Å². The summed E-state index contributed by atoms with van der Waals surface area (Å²) in [5.74, 6) is 0.569. The Hall–Kier alpha value is -1.21. The second-order valence-electron chi connectivity index (χ2n) is 6.45. The van der Waals surface area contributed by atoms with Crippen LogP contribution in [0.1, 0.15) is 25.0 Å². The molecule has 0 fully saturated rings. The van der Waals surface area contributed by atoms with Crippen LogP contribution in [0, 0.1) is 0 Å². The van der Waals surface area contributed by atoms with Crippen molar-refractivity contribution in [3.8, 4) is 0 Å². The molecular weight excluding hydrogens is 495 g/mol. The number of likely N-dealkylation sites (N-methyl/N-ethyl adjacent to an activating group) is 1. The summed E-state index contributed by atoms with van der Waals surface area (Å²) in [5, 5.41) is 3.96. The summed E-state index contributed by atoms with van der Waals surface area (Å²) < 4.78 is 0.930. The zero-order chi connectivity index (χ0) is 21.4. The van der Waals surface area contributed by atoms with Crippen molar-refractivity contribution in [2.24, 2.45) is 0 Å². The number of benzene rings is 2. The van der Waals surface area contributed by atoms with E-state index in [4.69, 9.17) is 23.2 Å². The smallest absolute Gasteiger partial charge is 0.242 e.